The molecule has 0 aromatic rings. The molecule has 0 radical (unpaired) electrons. The molecule has 88 valence electrons. The molecule has 2 atom stereocenters. The number of piperazine rings is 1. The number of aliphatic hydroxyl groups excluding tert-OH is 1. The summed E-state index contributed by atoms with van der Waals surface area (Å²) in [6, 6.07) is -0.197. The lowest BCUT2D eigenvalue weighted by molar-refractivity contribution is -0.134. The van der Waals surface area contributed by atoms with E-state index in [0.717, 1.165) is 19.3 Å². The Morgan fingerprint density at radius 1 is 1.47 bits per heavy atom. The molecule has 0 aromatic heterocycles. The first kappa shape index (κ1) is 12.4. The highest BCUT2D eigenvalue weighted by molar-refractivity contribution is 5.86. The Morgan fingerprint density at radius 2 is 2.13 bits per heavy atom. The van der Waals surface area contributed by atoms with Gasteiger partial charge in [0.1, 0.15) is 6.23 Å². The Morgan fingerprint density at radius 3 is 2.73 bits per heavy atom. The van der Waals surface area contributed by atoms with Gasteiger partial charge in [-0.05, 0) is 33.2 Å². The standard InChI is InChI=1S/C10H21N3O2/c1-10(2)9(15)12-7(8(14)13-10)5-3-4-6-11/h7-8,13-14H,3-6,11H2,1-2H3,(H,12,15). The van der Waals surface area contributed by atoms with Gasteiger partial charge in [-0.2, -0.15) is 0 Å². The number of hydrogen-bond acceptors (Lipinski definition) is 4. The minimum Gasteiger partial charge on any atom is -0.376 e. The number of nitrogens with one attached hydrogen (secondary N) is 2. The second kappa shape index (κ2) is 4.92. The molecule has 1 amide bonds. The third kappa shape index (κ3) is 3.15. The van der Waals surface area contributed by atoms with E-state index in [1.165, 1.54) is 0 Å². The van der Waals surface area contributed by atoms with Crippen molar-refractivity contribution in [3.8, 4) is 0 Å². The van der Waals surface area contributed by atoms with Crippen LogP contribution in [-0.2, 0) is 4.79 Å². The number of rotatable bonds is 4. The fourth-order valence-corrected chi connectivity index (χ4v) is 1.70. The second-order valence-corrected chi connectivity index (χ2v) is 4.58. The maximum absolute atomic E-state index is 11.6. The van der Waals surface area contributed by atoms with Gasteiger partial charge in [0.25, 0.3) is 0 Å². The van der Waals surface area contributed by atoms with Crippen molar-refractivity contribution in [1.82, 2.24) is 10.6 Å². The van der Waals surface area contributed by atoms with Crippen LogP contribution in [0.1, 0.15) is 33.1 Å². The number of unbranched alkanes of at least 4 members (excludes halogenated alkanes) is 1. The first-order valence-corrected chi connectivity index (χ1v) is 5.44. The van der Waals surface area contributed by atoms with E-state index in [1.54, 1.807) is 13.8 Å². The number of nitrogens with two attached hydrogens (primary N) is 1. The Hall–Kier alpha value is -0.650. The van der Waals surface area contributed by atoms with E-state index in [-0.39, 0.29) is 11.9 Å². The molecule has 1 aliphatic heterocycles. The van der Waals surface area contributed by atoms with Gasteiger partial charge in [0, 0.05) is 0 Å². The normalized spacial score (nSPS) is 30.0. The molecule has 1 heterocycles. The lowest BCUT2D eigenvalue weighted by Crippen LogP contribution is -2.68. The van der Waals surface area contributed by atoms with Crippen molar-refractivity contribution in [1.29, 1.82) is 0 Å². The monoisotopic (exact) mass is 215 g/mol. The van der Waals surface area contributed by atoms with Crippen LogP contribution < -0.4 is 16.4 Å². The SMILES string of the molecule is CC1(C)NC(O)C(CCCCN)NC1=O. The molecule has 1 fully saturated rings. The van der Waals surface area contributed by atoms with E-state index < -0.39 is 11.8 Å². The number of amides is 1. The summed E-state index contributed by atoms with van der Waals surface area (Å²) in [4.78, 5) is 11.6. The Kier molecular flexibility index (Phi) is 4.07. The summed E-state index contributed by atoms with van der Waals surface area (Å²) in [6.45, 7) is 4.15. The maximum Gasteiger partial charge on any atom is 0.240 e. The average Bonchev–Trinajstić information content (AvgIpc) is 2.13. The molecule has 5 N–H and O–H groups in total. The van der Waals surface area contributed by atoms with Gasteiger partial charge in [-0.1, -0.05) is 6.42 Å². The predicted octanol–water partition coefficient (Wildman–Crippen LogP) is -0.700. The van der Waals surface area contributed by atoms with Crippen LogP contribution in [0, 0.1) is 0 Å². The van der Waals surface area contributed by atoms with Gasteiger partial charge in [0.2, 0.25) is 5.91 Å². The summed E-state index contributed by atoms with van der Waals surface area (Å²) in [5.41, 5.74) is 4.69. The highest BCUT2D eigenvalue weighted by Gasteiger charge is 2.38. The zero-order chi connectivity index (χ0) is 11.5. The molecule has 0 spiro atoms. The van der Waals surface area contributed by atoms with Crippen LogP contribution in [-0.4, -0.2) is 35.4 Å². The third-order valence-corrected chi connectivity index (χ3v) is 2.74. The molecular formula is C10H21N3O2. The summed E-state index contributed by atoms with van der Waals surface area (Å²) in [5.74, 6) is -0.0643. The Bertz CT molecular complexity index is 231. The minimum absolute atomic E-state index is 0.0643. The lowest BCUT2D eigenvalue weighted by atomic mass is 9.96. The van der Waals surface area contributed by atoms with E-state index in [4.69, 9.17) is 5.73 Å². The minimum atomic E-state index is -0.691. The van der Waals surface area contributed by atoms with Crippen LogP contribution in [0.3, 0.4) is 0 Å². The lowest BCUT2D eigenvalue weighted by Gasteiger charge is -2.39. The van der Waals surface area contributed by atoms with Crippen LogP contribution in [0.2, 0.25) is 0 Å². The molecule has 15 heavy (non-hydrogen) atoms. The highest BCUT2D eigenvalue weighted by atomic mass is 16.3. The van der Waals surface area contributed by atoms with Crippen molar-refractivity contribution in [2.75, 3.05) is 6.54 Å². The number of hydrogen-bond donors (Lipinski definition) is 4. The van der Waals surface area contributed by atoms with Gasteiger partial charge in [-0.25, -0.2) is 0 Å². The van der Waals surface area contributed by atoms with Crippen LogP contribution in [0.15, 0.2) is 0 Å². The van der Waals surface area contributed by atoms with E-state index in [2.05, 4.69) is 10.6 Å². The van der Waals surface area contributed by atoms with Crippen molar-refractivity contribution in [2.24, 2.45) is 5.73 Å². The van der Waals surface area contributed by atoms with Gasteiger partial charge >= 0.3 is 0 Å². The summed E-state index contributed by atoms with van der Waals surface area (Å²) in [5, 5.41) is 15.5. The van der Waals surface area contributed by atoms with E-state index in [9.17, 15) is 9.90 Å². The van der Waals surface area contributed by atoms with Gasteiger partial charge in [0.05, 0.1) is 11.6 Å². The second-order valence-electron chi connectivity index (χ2n) is 4.58. The zero-order valence-electron chi connectivity index (χ0n) is 9.42. The zero-order valence-corrected chi connectivity index (χ0v) is 9.42. The Balaban J connectivity index is 2.44. The molecule has 1 rings (SSSR count). The van der Waals surface area contributed by atoms with Gasteiger partial charge in [-0.15, -0.1) is 0 Å². The van der Waals surface area contributed by atoms with Crippen molar-refractivity contribution < 1.29 is 9.90 Å². The number of carbonyl (C=O) groups is 1. The molecule has 1 saturated heterocycles. The maximum atomic E-state index is 11.6. The molecule has 0 aliphatic carbocycles. The first-order valence-electron chi connectivity index (χ1n) is 5.44. The smallest absolute Gasteiger partial charge is 0.240 e. The predicted molar refractivity (Wildman–Crippen MR) is 58.1 cm³/mol. The van der Waals surface area contributed by atoms with E-state index >= 15 is 0 Å². The topological polar surface area (TPSA) is 87.4 Å². The van der Waals surface area contributed by atoms with Crippen molar-refractivity contribution >= 4 is 5.91 Å². The molecule has 5 nitrogen and oxygen atoms in total. The van der Waals surface area contributed by atoms with Crippen LogP contribution >= 0.6 is 0 Å². The third-order valence-electron chi connectivity index (χ3n) is 2.74. The summed E-state index contributed by atoms with van der Waals surface area (Å²) in [6.07, 6.45) is 1.92. The first-order chi connectivity index (χ1) is 6.97. The molecule has 0 bridgehead atoms. The number of aliphatic hydroxyl groups is 1. The summed E-state index contributed by atoms with van der Waals surface area (Å²) >= 11 is 0. The van der Waals surface area contributed by atoms with Gasteiger partial charge in [-0.3, -0.25) is 10.1 Å². The average molecular weight is 215 g/mol. The van der Waals surface area contributed by atoms with E-state index in [1.807, 2.05) is 0 Å². The Labute approximate surface area is 90.4 Å². The molecule has 0 saturated carbocycles. The molecule has 1 aliphatic rings. The van der Waals surface area contributed by atoms with Crippen LogP contribution in [0.5, 0.6) is 0 Å². The quantitative estimate of drug-likeness (QED) is 0.467. The number of carbonyl (C=O) groups excluding carboxylic acids is 1. The van der Waals surface area contributed by atoms with Crippen molar-refractivity contribution in [2.45, 2.75) is 50.9 Å². The van der Waals surface area contributed by atoms with Crippen molar-refractivity contribution in [3.05, 3.63) is 0 Å². The molecule has 0 aromatic carbocycles. The fourth-order valence-electron chi connectivity index (χ4n) is 1.70. The largest absolute Gasteiger partial charge is 0.376 e. The molecule has 2 unspecified atom stereocenters. The molecular weight excluding hydrogens is 194 g/mol. The molecule has 5 heteroatoms. The summed E-state index contributed by atoms with van der Waals surface area (Å²) < 4.78 is 0. The van der Waals surface area contributed by atoms with Crippen molar-refractivity contribution in [3.63, 3.8) is 0 Å². The van der Waals surface area contributed by atoms with Crippen LogP contribution in [0.25, 0.3) is 0 Å². The summed E-state index contributed by atoms with van der Waals surface area (Å²) in [7, 11) is 0. The van der Waals surface area contributed by atoms with Crippen LogP contribution in [0.4, 0.5) is 0 Å². The van der Waals surface area contributed by atoms with Gasteiger partial charge < -0.3 is 16.2 Å². The fraction of sp³-hybridized carbons (Fsp3) is 0.900. The van der Waals surface area contributed by atoms with E-state index in [0.29, 0.717) is 6.54 Å². The highest BCUT2D eigenvalue weighted by Crippen LogP contribution is 2.14. The van der Waals surface area contributed by atoms with Gasteiger partial charge in [0.15, 0.2) is 0 Å².